The molecule has 2 N–H and O–H groups in total. The van der Waals surface area contributed by atoms with Crippen LogP contribution in [0.15, 0.2) is 11.1 Å². The van der Waals surface area contributed by atoms with Gasteiger partial charge in [-0.2, -0.15) is 0 Å². The number of aromatic hydroxyl groups is 1. The summed E-state index contributed by atoms with van der Waals surface area (Å²) in [7, 11) is 0. The lowest BCUT2D eigenvalue weighted by atomic mass is 10.3. The van der Waals surface area contributed by atoms with Gasteiger partial charge >= 0.3 is 0 Å². The van der Waals surface area contributed by atoms with Crippen LogP contribution in [0.4, 0.5) is 0 Å². The summed E-state index contributed by atoms with van der Waals surface area (Å²) in [4.78, 5) is 30.3. The summed E-state index contributed by atoms with van der Waals surface area (Å²) in [5.41, 5.74) is -0.933. The highest BCUT2D eigenvalue weighted by atomic mass is 16.5. The van der Waals surface area contributed by atoms with E-state index >= 15 is 0 Å². The Labute approximate surface area is 90.7 Å². The van der Waals surface area contributed by atoms with Crippen LogP contribution in [-0.4, -0.2) is 52.2 Å². The zero-order valence-corrected chi connectivity index (χ0v) is 8.47. The Morgan fingerprint density at radius 1 is 1.50 bits per heavy atom. The summed E-state index contributed by atoms with van der Waals surface area (Å²) >= 11 is 0. The average Bonchev–Trinajstić information content (AvgIpc) is 2.33. The van der Waals surface area contributed by atoms with Crippen molar-refractivity contribution in [3.8, 4) is 5.75 Å². The number of aromatic nitrogens is 2. The second kappa shape index (κ2) is 4.31. The number of amides is 1. The molecule has 7 nitrogen and oxygen atoms in total. The molecule has 2 rings (SSSR count). The highest BCUT2D eigenvalue weighted by Gasteiger charge is 2.23. The van der Waals surface area contributed by atoms with E-state index in [1.54, 1.807) is 0 Å². The Kier molecular flexibility index (Phi) is 2.86. The summed E-state index contributed by atoms with van der Waals surface area (Å²) in [6.45, 7) is 1.78. The van der Waals surface area contributed by atoms with Gasteiger partial charge in [-0.25, -0.2) is 4.98 Å². The van der Waals surface area contributed by atoms with Gasteiger partial charge in [0.2, 0.25) is 5.75 Å². The third kappa shape index (κ3) is 1.89. The van der Waals surface area contributed by atoms with Gasteiger partial charge in [0.1, 0.15) is 0 Å². The van der Waals surface area contributed by atoms with E-state index in [4.69, 9.17) is 4.74 Å². The molecule has 86 valence electrons. The fraction of sp³-hybridized carbons (Fsp3) is 0.444. The van der Waals surface area contributed by atoms with Crippen molar-refractivity contribution in [1.82, 2.24) is 14.9 Å². The number of ether oxygens (including phenoxy) is 1. The quantitative estimate of drug-likeness (QED) is 0.635. The van der Waals surface area contributed by atoms with Crippen molar-refractivity contribution < 1.29 is 14.6 Å². The molecule has 16 heavy (non-hydrogen) atoms. The average molecular weight is 225 g/mol. The van der Waals surface area contributed by atoms with Crippen molar-refractivity contribution in [2.24, 2.45) is 0 Å². The van der Waals surface area contributed by atoms with Crippen LogP contribution >= 0.6 is 0 Å². The maximum atomic E-state index is 11.9. The molecular weight excluding hydrogens is 214 g/mol. The SMILES string of the molecule is O=C(c1nc[nH]c(=O)c1O)N1CCOCC1. The van der Waals surface area contributed by atoms with Gasteiger partial charge in [0.15, 0.2) is 5.69 Å². The fourth-order valence-electron chi connectivity index (χ4n) is 1.47. The van der Waals surface area contributed by atoms with Crippen molar-refractivity contribution in [2.75, 3.05) is 26.3 Å². The molecule has 7 heteroatoms. The van der Waals surface area contributed by atoms with Crippen molar-refractivity contribution in [3.63, 3.8) is 0 Å². The predicted octanol–water partition coefficient (Wildman–Crippen LogP) is -1.05. The molecule has 2 heterocycles. The molecule has 1 amide bonds. The second-order valence-corrected chi connectivity index (χ2v) is 3.33. The van der Waals surface area contributed by atoms with E-state index in [-0.39, 0.29) is 5.69 Å². The number of aromatic amines is 1. The first-order chi connectivity index (χ1) is 7.70. The first-order valence-electron chi connectivity index (χ1n) is 4.84. The molecule has 1 aromatic rings. The molecule has 1 aromatic heterocycles. The minimum atomic E-state index is -0.716. The van der Waals surface area contributed by atoms with Crippen molar-refractivity contribution >= 4 is 5.91 Å². The number of hydrogen-bond donors (Lipinski definition) is 2. The summed E-state index contributed by atoms with van der Waals surface area (Å²) in [6.07, 6.45) is 1.09. The standard InChI is InChI=1S/C9H11N3O4/c13-7-6(10-5-11-8(7)14)9(15)12-1-3-16-4-2-12/h5,13H,1-4H2,(H,10,11,14). The number of carbonyl (C=O) groups excluding carboxylic acids is 1. The van der Waals surface area contributed by atoms with Gasteiger partial charge in [-0.05, 0) is 0 Å². The van der Waals surface area contributed by atoms with Crippen molar-refractivity contribution in [3.05, 3.63) is 22.4 Å². The number of carbonyl (C=O) groups is 1. The fourth-order valence-corrected chi connectivity index (χ4v) is 1.47. The minimum absolute atomic E-state index is 0.217. The van der Waals surface area contributed by atoms with Crippen LogP contribution in [0, 0.1) is 0 Å². The van der Waals surface area contributed by atoms with Crippen molar-refractivity contribution in [2.45, 2.75) is 0 Å². The van der Waals surface area contributed by atoms with Gasteiger partial charge in [0.25, 0.3) is 11.5 Å². The molecule has 1 aliphatic heterocycles. The van der Waals surface area contributed by atoms with E-state index in [0.29, 0.717) is 26.3 Å². The zero-order valence-electron chi connectivity index (χ0n) is 8.47. The molecule has 0 aromatic carbocycles. The van der Waals surface area contributed by atoms with E-state index in [2.05, 4.69) is 9.97 Å². The maximum absolute atomic E-state index is 11.9. The number of rotatable bonds is 1. The van der Waals surface area contributed by atoms with Crippen LogP contribution in [0.3, 0.4) is 0 Å². The van der Waals surface area contributed by atoms with Crippen LogP contribution in [0.25, 0.3) is 0 Å². The first-order valence-corrected chi connectivity index (χ1v) is 4.84. The zero-order chi connectivity index (χ0) is 11.5. The lowest BCUT2D eigenvalue weighted by Gasteiger charge is -2.26. The lowest BCUT2D eigenvalue weighted by Crippen LogP contribution is -2.41. The summed E-state index contributed by atoms with van der Waals surface area (Å²) < 4.78 is 5.10. The molecule has 0 saturated carbocycles. The van der Waals surface area contributed by atoms with Gasteiger partial charge in [-0.1, -0.05) is 0 Å². The molecule has 0 bridgehead atoms. The molecule has 0 radical (unpaired) electrons. The molecule has 1 saturated heterocycles. The van der Waals surface area contributed by atoms with Gasteiger partial charge < -0.3 is 19.7 Å². The number of morpholine rings is 1. The van der Waals surface area contributed by atoms with Crippen LogP contribution in [0.5, 0.6) is 5.75 Å². The molecule has 1 fully saturated rings. The summed E-state index contributed by atoms with van der Waals surface area (Å²) in [6, 6.07) is 0. The minimum Gasteiger partial charge on any atom is -0.501 e. The first kappa shape index (κ1) is 10.6. The van der Waals surface area contributed by atoms with Gasteiger partial charge in [-0.3, -0.25) is 9.59 Å². The van der Waals surface area contributed by atoms with Crippen LogP contribution in [0.1, 0.15) is 10.5 Å². The largest absolute Gasteiger partial charge is 0.501 e. The van der Waals surface area contributed by atoms with Crippen molar-refractivity contribution in [1.29, 1.82) is 0 Å². The maximum Gasteiger partial charge on any atom is 0.293 e. The molecule has 1 aliphatic rings. The third-order valence-electron chi connectivity index (χ3n) is 2.33. The predicted molar refractivity (Wildman–Crippen MR) is 53.2 cm³/mol. The number of nitrogens with zero attached hydrogens (tertiary/aromatic N) is 2. The van der Waals surface area contributed by atoms with Gasteiger partial charge in [0.05, 0.1) is 19.5 Å². The van der Waals surface area contributed by atoms with Gasteiger partial charge in [-0.15, -0.1) is 0 Å². The number of H-pyrrole nitrogens is 1. The third-order valence-corrected chi connectivity index (χ3v) is 2.33. The Morgan fingerprint density at radius 3 is 2.88 bits per heavy atom. The summed E-state index contributed by atoms with van der Waals surface area (Å²) in [5, 5.41) is 9.41. The normalized spacial score (nSPS) is 16.1. The Hall–Kier alpha value is -1.89. The monoisotopic (exact) mass is 225 g/mol. The molecular formula is C9H11N3O4. The van der Waals surface area contributed by atoms with E-state index < -0.39 is 17.2 Å². The number of nitrogens with one attached hydrogen (secondary N) is 1. The highest BCUT2D eigenvalue weighted by Crippen LogP contribution is 2.10. The Morgan fingerprint density at radius 2 is 2.19 bits per heavy atom. The van der Waals surface area contributed by atoms with E-state index in [9.17, 15) is 14.7 Å². The molecule has 0 atom stereocenters. The summed E-state index contributed by atoms with van der Waals surface area (Å²) in [5.74, 6) is -1.09. The molecule has 0 spiro atoms. The van der Waals surface area contributed by atoms with Crippen LogP contribution < -0.4 is 5.56 Å². The molecule has 0 aliphatic carbocycles. The highest BCUT2D eigenvalue weighted by molar-refractivity contribution is 5.94. The topological polar surface area (TPSA) is 95.5 Å². The Balaban J connectivity index is 2.26. The smallest absolute Gasteiger partial charge is 0.293 e. The van der Waals surface area contributed by atoms with Crippen LogP contribution in [0.2, 0.25) is 0 Å². The number of hydrogen-bond acceptors (Lipinski definition) is 5. The Bertz CT molecular complexity index is 450. The van der Waals surface area contributed by atoms with E-state index in [0.717, 1.165) is 6.33 Å². The lowest BCUT2D eigenvalue weighted by molar-refractivity contribution is 0.0296. The second-order valence-electron chi connectivity index (χ2n) is 3.33. The van der Waals surface area contributed by atoms with Gasteiger partial charge in [0, 0.05) is 13.1 Å². The molecule has 0 unspecified atom stereocenters. The van der Waals surface area contributed by atoms with E-state index in [1.807, 2.05) is 0 Å². The van der Waals surface area contributed by atoms with Crippen LogP contribution in [-0.2, 0) is 4.74 Å². The van der Waals surface area contributed by atoms with E-state index in [1.165, 1.54) is 4.90 Å².